The van der Waals surface area contributed by atoms with Crippen molar-refractivity contribution >= 4 is 5.91 Å². The number of aromatic nitrogens is 1. The van der Waals surface area contributed by atoms with Crippen molar-refractivity contribution in [1.29, 1.82) is 0 Å². The minimum absolute atomic E-state index is 0.134. The summed E-state index contributed by atoms with van der Waals surface area (Å²) in [6.45, 7) is 2.45. The summed E-state index contributed by atoms with van der Waals surface area (Å²) in [6, 6.07) is 11.2. The summed E-state index contributed by atoms with van der Waals surface area (Å²) < 4.78 is 0. The molecular formula is C16H19N3O. The largest absolute Gasteiger partial charge is 0.351 e. The molecule has 1 aromatic heterocycles. The van der Waals surface area contributed by atoms with Gasteiger partial charge in [0.05, 0.1) is 6.04 Å². The summed E-state index contributed by atoms with van der Waals surface area (Å²) in [5.41, 5.74) is 9.11. The van der Waals surface area contributed by atoms with Gasteiger partial charge in [-0.1, -0.05) is 30.3 Å². The van der Waals surface area contributed by atoms with Gasteiger partial charge in [0.2, 0.25) is 5.91 Å². The lowest BCUT2D eigenvalue weighted by molar-refractivity contribution is -0.122. The van der Waals surface area contributed by atoms with Gasteiger partial charge in [0, 0.05) is 18.9 Å². The number of hydrogen-bond donors (Lipinski definition) is 2. The molecule has 0 bridgehead atoms. The maximum atomic E-state index is 12.0. The summed E-state index contributed by atoms with van der Waals surface area (Å²) >= 11 is 0. The molecular weight excluding hydrogens is 250 g/mol. The smallest absolute Gasteiger partial charge is 0.237 e. The molecule has 1 atom stereocenters. The quantitative estimate of drug-likeness (QED) is 0.866. The number of pyridine rings is 1. The van der Waals surface area contributed by atoms with Crippen molar-refractivity contribution in [1.82, 2.24) is 10.3 Å². The number of rotatable bonds is 5. The zero-order valence-corrected chi connectivity index (χ0v) is 11.5. The number of amides is 1. The lowest BCUT2D eigenvalue weighted by Crippen LogP contribution is -2.41. The molecule has 104 valence electrons. The molecule has 0 aliphatic carbocycles. The molecule has 0 aliphatic rings. The van der Waals surface area contributed by atoms with Gasteiger partial charge in [-0.3, -0.25) is 9.78 Å². The Kier molecular flexibility index (Phi) is 4.85. The Labute approximate surface area is 119 Å². The van der Waals surface area contributed by atoms with E-state index in [0.717, 1.165) is 16.7 Å². The van der Waals surface area contributed by atoms with E-state index in [4.69, 9.17) is 5.73 Å². The summed E-state index contributed by atoms with van der Waals surface area (Å²) in [7, 11) is 0. The molecule has 20 heavy (non-hydrogen) atoms. The van der Waals surface area contributed by atoms with Crippen molar-refractivity contribution in [2.45, 2.75) is 25.9 Å². The topological polar surface area (TPSA) is 68.0 Å². The first-order chi connectivity index (χ1) is 9.66. The molecule has 1 unspecified atom stereocenters. The molecule has 0 aliphatic heterocycles. The predicted molar refractivity (Wildman–Crippen MR) is 78.9 cm³/mol. The normalized spacial score (nSPS) is 11.9. The highest BCUT2D eigenvalue weighted by Gasteiger charge is 2.13. The number of nitrogens with zero attached hydrogens (tertiary/aromatic N) is 1. The van der Waals surface area contributed by atoms with Crippen LogP contribution < -0.4 is 11.1 Å². The van der Waals surface area contributed by atoms with E-state index < -0.39 is 6.04 Å². The zero-order chi connectivity index (χ0) is 14.4. The van der Waals surface area contributed by atoms with E-state index in [0.29, 0.717) is 13.0 Å². The van der Waals surface area contributed by atoms with Crippen molar-refractivity contribution in [2.24, 2.45) is 5.73 Å². The number of carbonyl (C=O) groups is 1. The van der Waals surface area contributed by atoms with Crippen molar-refractivity contribution in [3.8, 4) is 0 Å². The number of benzene rings is 1. The highest BCUT2D eigenvalue weighted by atomic mass is 16.2. The number of aryl methyl sites for hydroxylation is 1. The number of nitrogens with one attached hydrogen (secondary N) is 1. The fourth-order valence-corrected chi connectivity index (χ4v) is 1.97. The summed E-state index contributed by atoms with van der Waals surface area (Å²) in [5, 5.41) is 2.87. The van der Waals surface area contributed by atoms with E-state index in [2.05, 4.69) is 10.3 Å². The minimum Gasteiger partial charge on any atom is -0.351 e. The van der Waals surface area contributed by atoms with Crippen molar-refractivity contribution < 1.29 is 4.79 Å². The van der Waals surface area contributed by atoms with Gasteiger partial charge in [-0.05, 0) is 36.1 Å². The molecule has 4 nitrogen and oxygen atoms in total. The molecule has 0 radical (unpaired) electrons. The van der Waals surface area contributed by atoms with Gasteiger partial charge in [-0.15, -0.1) is 0 Å². The van der Waals surface area contributed by atoms with E-state index in [1.165, 1.54) is 0 Å². The average molecular weight is 269 g/mol. The Morgan fingerprint density at radius 3 is 2.75 bits per heavy atom. The first kappa shape index (κ1) is 14.2. The second-order valence-corrected chi connectivity index (χ2v) is 4.82. The van der Waals surface area contributed by atoms with Gasteiger partial charge in [-0.25, -0.2) is 0 Å². The fraction of sp³-hybridized carbons (Fsp3) is 0.250. The molecule has 1 heterocycles. The van der Waals surface area contributed by atoms with Gasteiger partial charge < -0.3 is 11.1 Å². The summed E-state index contributed by atoms with van der Waals surface area (Å²) in [4.78, 5) is 16.0. The molecule has 0 fully saturated rings. The van der Waals surface area contributed by atoms with Crippen molar-refractivity contribution in [3.63, 3.8) is 0 Å². The maximum Gasteiger partial charge on any atom is 0.237 e. The van der Waals surface area contributed by atoms with Crippen LogP contribution in [-0.2, 0) is 17.8 Å². The Balaban J connectivity index is 1.87. The molecule has 1 aromatic carbocycles. The van der Waals surface area contributed by atoms with E-state index in [1.807, 2.05) is 43.3 Å². The third-order valence-corrected chi connectivity index (χ3v) is 3.22. The standard InChI is InChI=1S/C16H19N3O/c1-12-10-18-8-7-14(12)11-19-16(20)15(17)9-13-5-3-2-4-6-13/h2-8,10,15H,9,11,17H2,1H3,(H,19,20). The van der Waals surface area contributed by atoms with E-state index in [-0.39, 0.29) is 5.91 Å². The Morgan fingerprint density at radius 1 is 1.30 bits per heavy atom. The lowest BCUT2D eigenvalue weighted by Gasteiger charge is -2.13. The van der Waals surface area contributed by atoms with Crippen molar-refractivity contribution in [2.75, 3.05) is 0 Å². The second kappa shape index (κ2) is 6.82. The van der Waals surface area contributed by atoms with Gasteiger partial charge >= 0.3 is 0 Å². The molecule has 4 heteroatoms. The Hall–Kier alpha value is -2.20. The van der Waals surface area contributed by atoms with Gasteiger partial charge in [-0.2, -0.15) is 0 Å². The van der Waals surface area contributed by atoms with Crippen LogP contribution in [-0.4, -0.2) is 16.9 Å². The van der Waals surface area contributed by atoms with Crippen LogP contribution in [0, 0.1) is 6.92 Å². The van der Waals surface area contributed by atoms with E-state index >= 15 is 0 Å². The van der Waals surface area contributed by atoms with Crippen LogP contribution in [0.4, 0.5) is 0 Å². The predicted octanol–water partition coefficient (Wildman–Crippen LogP) is 1.58. The van der Waals surface area contributed by atoms with E-state index in [1.54, 1.807) is 12.4 Å². The first-order valence-corrected chi connectivity index (χ1v) is 6.63. The third-order valence-electron chi connectivity index (χ3n) is 3.22. The second-order valence-electron chi connectivity index (χ2n) is 4.82. The zero-order valence-electron chi connectivity index (χ0n) is 11.5. The van der Waals surface area contributed by atoms with Crippen LogP contribution in [0.3, 0.4) is 0 Å². The maximum absolute atomic E-state index is 12.0. The molecule has 3 N–H and O–H groups in total. The average Bonchev–Trinajstić information content (AvgIpc) is 2.47. The monoisotopic (exact) mass is 269 g/mol. The lowest BCUT2D eigenvalue weighted by atomic mass is 10.1. The van der Waals surface area contributed by atoms with Gasteiger partial charge in [0.1, 0.15) is 0 Å². The molecule has 2 rings (SSSR count). The van der Waals surface area contributed by atoms with Gasteiger partial charge in [0.25, 0.3) is 0 Å². The Bertz CT molecular complexity index is 569. The van der Waals surface area contributed by atoms with Crippen LogP contribution in [0.2, 0.25) is 0 Å². The van der Waals surface area contributed by atoms with Crippen LogP contribution in [0.5, 0.6) is 0 Å². The van der Waals surface area contributed by atoms with E-state index in [9.17, 15) is 4.79 Å². The highest BCUT2D eigenvalue weighted by molar-refractivity contribution is 5.81. The number of nitrogens with two attached hydrogens (primary N) is 1. The van der Waals surface area contributed by atoms with Crippen molar-refractivity contribution in [3.05, 3.63) is 65.5 Å². The number of hydrogen-bond acceptors (Lipinski definition) is 3. The van der Waals surface area contributed by atoms with Crippen LogP contribution in [0.1, 0.15) is 16.7 Å². The SMILES string of the molecule is Cc1cnccc1CNC(=O)C(N)Cc1ccccc1. The molecule has 0 saturated carbocycles. The van der Waals surface area contributed by atoms with Gasteiger partial charge in [0.15, 0.2) is 0 Å². The van der Waals surface area contributed by atoms with Crippen LogP contribution >= 0.6 is 0 Å². The summed E-state index contributed by atoms with van der Waals surface area (Å²) in [6.07, 6.45) is 4.05. The first-order valence-electron chi connectivity index (χ1n) is 6.63. The number of carbonyl (C=O) groups excluding carboxylic acids is 1. The minimum atomic E-state index is -0.528. The molecule has 0 saturated heterocycles. The van der Waals surface area contributed by atoms with Crippen LogP contribution in [0.15, 0.2) is 48.8 Å². The summed E-state index contributed by atoms with van der Waals surface area (Å²) in [5.74, 6) is -0.134. The fourth-order valence-electron chi connectivity index (χ4n) is 1.97. The Morgan fingerprint density at radius 2 is 2.05 bits per heavy atom. The highest BCUT2D eigenvalue weighted by Crippen LogP contribution is 2.05. The molecule has 1 amide bonds. The third kappa shape index (κ3) is 3.90. The van der Waals surface area contributed by atoms with Crippen LogP contribution in [0.25, 0.3) is 0 Å². The molecule has 2 aromatic rings. The molecule has 0 spiro atoms.